The number of benzene rings is 1. The summed E-state index contributed by atoms with van der Waals surface area (Å²) in [6, 6.07) is 2.09. The van der Waals surface area contributed by atoms with E-state index in [-0.39, 0.29) is 28.8 Å². The third kappa shape index (κ3) is 5.74. The van der Waals surface area contributed by atoms with Crippen LogP contribution in [0.15, 0.2) is 24.9 Å². The molecule has 47 heavy (non-hydrogen) atoms. The van der Waals surface area contributed by atoms with Gasteiger partial charge >= 0.3 is 0 Å². The van der Waals surface area contributed by atoms with Gasteiger partial charge in [0.25, 0.3) is 0 Å². The number of rotatable bonds is 6. The number of amides is 2. The first-order chi connectivity index (χ1) is 22.4. The van der Waals surface area contributed by atoms with E-state index in [1.807, 2.05) is 22.1 Å². The van der Waals surface area contributed by atoms with Crippen molar-refractivity contribution in [1.29, 1.82) is 0 Å². The van der Waals surface area contributed by atoms with Crippen molar-refractivity contribution >= 4 is 51.7 Å². The van der Waals surface area contributed by atoms with Gasteiger partial charge in [0.2, 0.25) is 11.8 Å². The summed E-state index contributed by atoms with van der Waals surface area (Å²) in [5, 5.41) is 14.8. The second kappa shape index (κ2) is 12.1. The van der Waals surface area contributed by atoms with Gasteiger partial charge in [-0.25, -0.2) is 0 Å². The summed E-state index contributed by atoms with van der Waals surface area (Å²) in [6.07, 6.45) is 8.34. The predicted molar refractivity (Wildman–Crippen MR) is 187 cm³/mol. The van der Waals surface area contributed by atoms with Crippen molar-refractivity contribution in [1.82, 2.24) is 34.7 Å². The summed E-state index contributed by atoms with van der Waals surface area (Å²) in [5.74, 6) is 1.69. The third-order valence-electron chi connectivity index (χ3n) is 11.3. The van der Waals surface area contributed by atoms with Crippen LogP contribution in [0.1, 0.15) is 64.6 Å². The molecule has 12 heteroatoms. The number of halogens is 2. The van der Waals surface area contributed by atoms with Gasteiger partial charge in [-0.05, 0) is 77.5 Å². The molecule has 7 rings (SSSR count). The molecule has 2 aromatic heterocycles. The molecular formula is C35H46Cl2N8O2. The lowest BCUT2D eigenvalue weighted by atomic mass is 9.60. The maximum Gasteiger partial charge on any atom is 0.245 e. The topological polar surface area (TPSA) is 93.6 Å². The Morgan fingerprint density at radius 2 is 1.83 bits per heavy atom. The SMILES string of the molecule is C=CC(=O)N1CC2(CC(n3nc(N4CC[C@@H](CN5CCCN(C(C)=O)CC5)CC4(C)C)c(-c4c(Cl)c(Cl)cc5[nH]ncc45)c3C)C2)C1. The minimum Gasteiger partial charge on any atom is -0.349 e. The maximum absolute atomic E-state index is 12.1. The average Bonchev–Trinajstić information content (AvgIpc) is 3.48. The van der Waals surface area contributed by atoms with Crippen molar-refractivity contribution in [3.8, 4) is 11.1 Å². The molecule has 1 aromatic carbocycles. The fourth-order valence-electron chi connectivity index (χ4n) is 8.95. The number of anilines is 1. The molecule has 4 aliphatic rings. The number of nitrogens with zero attached hydrogens (tertiary/aromatic N) is 7. The number of H-pyrrole nitrogens is 1. The van der Waals surface area contributed by atoms with E-state index in [1.165, 1.54) is 6.08 Å². The van der Waals surface area contributed by atoms with E-state index in [2.05, 4.69) is 52.0 Å². The van der Waals surface area contributed by atoms with Gasteiger partial charge in [0.15, 0.2) is 5.82 Å². The van der Waals surface area contributed by atoms with Crippen molar-refractivity contribution in [2.75, 3.05) is 57.3 Å². The lowest BCUT2D eigenvalue weighted by molar-refractivity contribution is -0.149. The fraction of sp³-hybridized carbons (Fsp3) is 0.600. The number of fused-ring (bicyclic) bond motifs is 1. The van der Waals surface area contributed by atoms with Gasteiger partial charge in [-0.1, -0.05) is 29.8 Å². The van der Waals surface area contributed by atoms with Crippen LogP contribution in [0.4, 0.5) is 5.82 Å². The monoisotopic (exact) mass is 680 g/mol. The molecule has 1 saturated carbocycles. The third-order valence-corrected chi connectivity index (χ3v) is 12.1. The zero-order chi connectivity index (χ0) is 33.2. The quantitative estimate of drug-likeness (QED) is 0.324. The van der Waals surface area contributed by atoms with Gasteiger partial charge in [-0.3, -0.25) is 19.4 Å². The molecule has 0 unspecified atom stereocenters. The Labute approximate surface area is 287 Å². The minimum atomic E-state index is -0.151. The smallest absolute Gasteiger partial charge is 0.245 e. The highest BCUT2D eigenvalue weighted by molar-refractivity contribution is 6.45. The van der Waals surface area contributed by atoms with Gasteiger partial charge in [-0.15, -0.1) is 0 Å². The number of likely N-dealkylation sites (tertiary alicyclic amines) is 1. The number of hydrogen-bond acceptors (Lipinski definition) is 6. The predicted octanol–water partition coefficient (Wildman–Crippen LogP) is 5.94. The Balaban J connectivity index is 1.18. The van der Waals surface area contributed by atoms with E-state index in [0.29, 0.717) is 16.0 Å². The highest BCUT2D eigenvalue weighted by Gasteiger charge is 2.54. The van der Waals surface area contributed by atoms with Gasteiger partial charge in [0, 0.05) is 85.9 Å². The summed E-state index contributed by atoms with van der Waals surface area (Å²) in [6.45, 7) is 19.3. The Morgan fingerprint density at radius 1 is 1.06 bits per heavy atom. The van der Waals surface area contributed by atoms with Crippen molar-refractivity contribution in [3.05, 3.63) is 40.7 Å². The van der Waals surface area contributed by atoms with Crippen LogP contribution in [0.2, 0.25) is 10.0 Å². The van der Waals surface area contributed by atoms with Gasteiger partial charge in [0.05, 0.1) is 27.8 Å². The summed E-state index contributed by atoms with van der Waals surface area (Å²) >= 11 is 13.8. The molecule has 3 saturated heterocycles. The summed E-state index contributed by atoms with van der Waals surface area (Å²) < 4.78 is 2.22. The number of aromatic amines is 1. The van der Waals surface area contributed by atoms with Crippen molar-refractivity contribution in [2.24, 2.45) is 11.3 Å². The molecule has 1 N–H and O–H groups in total. The largest absolute Gasteiger partial charge is 0.349 e. The first-order valence-corrected chi connectivity index (χ1v) is 17.7. The van der Waals surface area contributed by atoms with Crippen LogP contribution < -0.4 is 4.90 Å². The van der Waals surface area contributed by atoms with Crippen molar-refractivity contribution < 1.29 is 9.59 Å². The van der Waals surface area contributed by atoms with Crippen LogP contribution in [0, 0.1) is 18.3 Å². The molecule has 1 spiro atoms. The lowest BCUT2D eigenvalue weighted by Crippen LogP contribution is -2.63. The molecule has 0 radical (unpaired) electrons. The summed E-state index contributed by atoms with van der Waals surface area (Å²) in [5.41, 5.74) is 3.82. The van der Waals surface area contributed by atoms with Gasteiger partial charge < -0.3 is 19.6 Å². The van der Waals surface area contributed by atoms with Crippen LogP contribution in [0.25, 0.3) is 22.0 Å². The number of carbonyl (C=O) groups excluding carboxylic acids is 2. The van der Waals surface area contributed by atoms with E-state index < -0.39 is 0 Å². The maximum atomic E-state index is 12.1. The van der Waals surface area contributed by atoms with E-state index in [1.54, 1.807) is 6.92 Å². The molecular weight excluding hydrogens is 635 g/mol. The Bertz CT molecular complexity index is 1720. The summed E-state index contributed by atoms with van der Waals surface area (Å²) in [4.78, 5) is 33.0. The standard InChI is InChI=1S/C35H46Cl2N8O2/c1-6-29(47)43-20-35(21-43)16-25(17-35)45-22(2)30(31-26-18-38-39-28(26)14-27(36)32(31)37)33(40-45)44-11-8-24(15-34(44,4)5)19-41-9-7-10-42(13-12-41)23(3)46/h6,14,18,24-25H,1,7-13,15-17,19-21H2,2-5H3,(H,38,39)/t24-/m1/s1. The molecule has 1 aliphatic carbocycles. The number of carbonyl (C=O) groups is 2. The molecule has 3 aromatic rings. The first kappa shape index (κ1) is 32.5. The second-order valence-corrected chi connectivity index (χ2v) is 15.8. The van der Waals surface area contributed by atoms with Crippen LogP contribution in [0.3, 0.4) is 0 Å². The van der Waals surface area contributed by atoms with E-state index >= 15 is 0 Å². The molecule has 5 heterocycles. The van der Waals surface area contributed by atoms with Crippen LogP contribution in [-0.2, 0) is 9.59 Å². The summed E-state index contributed by atoms with van der Waals surface area (Å²) in [7, 11) is 0. The van der Waals surface area contributed by atoms with Crippen molar-refractivity contribution in [3.63, 3.8) is 0 Å². The Hall–Kier alpha value is -3.08. The zero-order valence-electron chi connectivity index (χ0n) is 28.0. The average molecular weight is 682 g/mol. The lowest BCUT2D eigenvalue weighted by Gasteiger charge is -2.58. The normalized spacial score (nSPS) is 23.1. The number of aromatic nitrogens is 4. The van der Waals surface area contributed by atoms with E-state index in [0.717, 1.165) is 118 Å². The van der Waals surface area contributed by atoms with Gasteiger partial charge in [-0.2, -0.15) is 10.2 Å². The number of hydrogen-bond donors (Lipinski definition) is 1. The number of piperidine rings is 1. The second-order valence-electron chi connectivity index (χ2n) is 15.1. The first-order valence-electron chi connectivity index (χ1n) is 17.0. The van der Waals surface area contributed by atoms with Crippen LogP contribution in [0.5, 0.6) is 0 Å². The molecule has 252 valence electrons. The minimum absolute atomic E-state index is 0.0122. The Morgan fingerprint density at radius 3 is 2.53 bits per heavy atom. The van der Waals surface area contributed by atoms with Crippen LogP contribution in [-0.4, -0.2) is 104 Å². The molecule has 10 nitrogen and oxygen atoms in total. The zero-order valence-corrected chi connectivity index (χ0v) is 29.5. The molecule has 2 amide bonds. The molecule has 0 bridgehead atoms. The Kier molecular flexibility index (Phi) is 8.36. The van der Waals surface area contributed by atoms with Crippen LogP contribution >= 0.6 is 23.2 Å². The fourth-order valence-corrected chi connectivity index (χ4v) is 9.41. The van der Waals surface area contributed by atoms with E-state index in [9.17, 15) is 9.59 Å². The van der Waals surface area contributed by atoms with Gasteiger partial charge in [0.1, 0.15) is 0 Å². The van der Waals surface area contributed by atoms with E-state index in [4.69, 9.17) is 28.3 Å². The number of nitrogens with one attached hydrogen (secondary N) is 1. The highest BCUT2D eigenvalue weighted by Crippen LogP contribution is 2.56. The highest BCUT2D eigenvalue weighted by atomic mass is 35.5. The molecule has 1 atom stereocenters. The molecule has 3 aliphatic heterocycles. The van der Waals surface area contributed by atoms with Crippen molar-refractivity contribution in [2.45, 2.75) is 71.4 Å². The molecule has 4 fully saturated rings.